The number of hydrogen-bond donors (Lipinski definition) is 1. The standard InChI is InChI=1S/C15H28BrN3/c1-7-8-19-14(12(16)10-18-19)13(17-6)9-11(2)15(3,4)5/h10-11,13,17H,7-9H2,1-6H3. The summed E-state index contributed by atoms with van der Waals surface area (Å²) in [5.74, 6) is 0.641. The van der Waals surface area contributed by atoms with E-state index in [2.05, 4.69) is 65.6 Å². The van der Waals surface area contributed by atoms with Crippen molar-refractivity contribution in [1.29, 1.82) is 0 Å². The summed E-state index contributed by atoms with van der Waals surface area (Å²) < 4.78 is 3.24. The molecule has 1 aromatic heterocycles. The third-order valence-electron chi connectivity index (χ3n) is 4.01. The number of hydrogen-bond acceptors (Lipinski definition) is 2. The van der Waals surface area contributed by atoms with E-state index < -0.39 is 0 Å². The van der Waals surface area contributed by atoms with E-state index in [4.69, 9.17) is 0 Å². The second-order valence-electron chi connectivity index (χ2n) is 6.44. The van der Waals surface area contributed by atoms with Gasteiger partial charge in [-0.3, -0.25) is 4.68 Å². The number of halogens is 1. The SMILES string of the molecule is CCCn1ncc(Br)c1C(CC(C)C(C)(C)C)NC. The van der Waals surface area contributed by atoms with Crippen molar-refractivity contribution in [2.75, 3.05) is 7.05 Å². The first-order chi connectivity index (χ1) is 8.81. The number of aryl methyl sites for hydroxylation is 1. The van der Waals surface area contributed by atoms with Gasteiger partial charge in [0.25, 0.3) is 0 Å². The highest BCUT2D eigenvalue weighted by molar-refractivity contribution is 9.10. The van der Waals surface area contributed by atoms with Gasteiger partial charge in [0, 0.05) is 6.54 Å². The summed E-state index contributed by atoms with van der Waals surface area (Å²) >= 11 is 3.65. The lowest BCUT2D eigenvalue weighted by Gasteiger charge is -2.31. The van der Waals surface area contributed by atoms with Crippen molar-refractivity contribution in [3.05, 3.63) is 16.4 Å². The zero-order chi connectivity index (χ0) is 14.6. The van der Waals surface area contributed by atoms with Gasteiger partial charge in [0.2, 0.25) is 0 Å². The maximum Gasteiger partial charge on any atom is 0.0695 e. The summed E-state index contributed by atoms with van der Waals surface area (Å²) in [6.45, 7) is 12.4. The number of rotatable bonds is 6. The van der Waals surface area contributed by atoms with E-state index in [-0.39, 0.29) is 0 Å². The number of nitrogens with zero attached hydrogens (tertiary/aromatic N) is 2. The Bertz CT molecular complexity index is 393. The van der Waals surface area contributed by atoms with Crippen molar-refractivity contribution in [1.82, 2.24) is 15.1 Å². The van der Waals surface area contributed by atoms with Crippen molar-refractivity contribution in [2.24, 2.45) is 11.3 Å². The molecule has 0 bridgehead atoms. The van der Waals surface area contributed by atoms with Crippen LogP contribution in [0.4, 0.5) is 0 Å². The van der Waals surface area contributed by atoms with E-state index in [1.54, 1.807) is 0 Å². The van der Waals surface area contributed by atoms with Crippen LogP contribution >= 0.6 is 15.9 Å². The average Bonchev–Trinajstić information content (AvgIpc) is 2.67. The fourth-order valence-electron chi connectivity index (χ4n) is 2.18. The molecule has 4 heteroatoms. The second kappa shape index (κ2) is 6.89. The van der Waals surface area contributed by atoms with Crippen LogP contribution in [0.5, 0.6) is 0 Å². The molecule has 0 radical (unpaired) electrons. The summed E-state index contributed by atoms with van der Waals surface area (Å²) in [5.41, 5.74) is 1.61. The summed E-state index contributed by atoms with van der Waals surface area (Å²) in [6, 6.07) is 0.345. The first-order valence-corrected chi connectivity index (χ1v) is 7.99. The van der Waals surface area contributed by atoms with E-state index in [1.807, 2.05) is 13.2 Å². The fourth-order valence-corrected chi connectivity index (χ4v) is 2.75. The maximum absolute atomic E-state index is 4.47. The van der Waals surface area contributed by atoms with Gasteiger partial charge in [-0.15, -0.1) is 0 Å². The van der Waals surface area contributed by atoms with Gasteiger partial charge in [-0.2, -0.15) is 5.10 Å². The molecule has 0 aliphatic heterocycles. The van der Waals surface area contributed by atoms with Crippen LogP contribution in [0, 0.1) is 11.3 Å². The van der Waals surface area contributed by atoms with Crippen molar-refractivity contribution >= 4 is 15.9 Å². The third-order valence-corrected chi connectivity index (χ3v) is 4.63. The molecule has 1 N–H and O–H groups in total. The molecule has 2 unspecified atom stereocenters. The van der Waals surface area contributed by atoms with E-state index in [9.17, 15) is 0 Å². The van der Waals surface area contributed by atoms with Crippen LogP contribution in [0.25, 0.3) is 0 Å². The van der Waals surface area contributed by atoms with Crippen LogP contribution in [-0.4, -0.2) is 16.8 Å². The summed E-state index contributed by atoms with van der Waals surface area (Å²) in [6.07, 6.45) is 4.14. The molecule has 3 nitrogen and oxygen atoms in total. The van der Waals surface area contributed by atoms with Gasteiger partial charge in [-0.25, -0.2) is 0 Å². The van der Waals surface area contributed by atoms with Gasteiger partial charge in [0.15, 0.2) is 0 Å². The quantitative estimate of drug-likeness (QED) is 0.838. The van der Waals surface area contributed by atoms with Crippen molar-refractivity contribution in [2.45, 2.75) is 60.0 Å². The Morgan fingerprint density at radius 1 is 1.42 bits per heavy atom. The molecule has 110 valence electrons. The van der Waals surface area contributed by atoms with Crippen LogP contribution in [0.3, 0.4) is 0 Å². The Balaban J connectivity index is 2.94. The highest BCUT2D eigenvalue weighted by atomic mass is 79.9. The van der Waals surface area contributed by atoms with Crippen molar-refractivity contribution < 1.29 is 0 Å². The van der Waals surface area contributed by atoms with Crippen LogP contribution < -0.4 is 5.32 Å². The van der Waals surface area contributed by atoms with Crippen LogP contribution in [-0.2, 0) is 6.54 Å². The second-order valence-corrected chi connectivity index (χ2v) is 7.30. The smallest absolute Gasteiger partial charge is 0.0695 e. The molecule has 0 amide bonds. The van der Waals surface area contributed by atoms with Gasteiger partial charge in [-0.1, -0.05) is 34.6 Å². The predicted molar refractivity (Wildman–Crippen MR) is 85.3 cm³/mol. The van der Waals surface area contributed by atoms with Gasteiger partial charge in [-0.05, 0) is 47.2 Å². The van der Waals surface area contributed by atoms with Crippen molar-refractivity contribution in [3.63, 3.8) is 0 Å². The Hall–Kier alpha value is -0.350. The highest BCUT2D eigenvalue weighted by Crippen LogP contribution is 2.35. The molecular formula is C15H28BrN3. The normalized spacial score (nSPS) is 15.5. The van der Waals surface area contributed by atoms with Gasteiger partial charge in [0.1, 0.15) is 0 Å². The van der Waals surface area contributed by atoms with E-state index >= 15 is 0 Å². The average molecular weight is 330 g/mol. The summed E-state index contributed by atoms with van der Waals surface area (Å²) in [5, 5.41) is 7.93. The Labute approximate surface area is 126 Å². The molecule has 1 heterocycles. The van der Waals surface area contributed by atoms with E-state index in [1.165, 1.54) is 5.69 Å². The third kappa shape index (κ3) is 4.32. The molecule has 19 heavy (non-hydrogen) atoms. The maximum atomic E-state index is 4.47. The largest absolute Gasteiger partial charge is 0.312 e. The highest BCUT2D eigenvalue weighted by Gasteiger charge is 2.26. The molecule has 0 saturated carbocycles. The van der Waals surface area contributed by atoms with Crippen LogP contribution in [0.2, 0.25) is 0 Å². The molecule has 0 saturated heterocycles. The first-order valence-electron chi connectivity index (χ1n) is 7.19. The molecular weight excluding hydrogens is 302 g/mol. The van der Waals surface area contributed by atoms with Crippen LogP contribution in [0.1, 0.15) is 59.2 Å². The molecule has 0 aromatic carbocycles. The Morgan fingerprint density at radius 3 is 2.53 bits per heavy atom. The van der Waals surface area contributed by atoms with Gasteiger partial charge < -0.3 is 5.32 Å². The number of aromatic nitrogens is 2. The Kier molecular flexibility index (Phi) is 6.06. The van der Waals surface area contributed by atoms with E-state index in [0.29, 0.717) is 17.4 Å². The van der Waals surface area contributed by atoms with Crippen LogP contribution in [0.15, 0.2) is 10.7 Å². The lowest BCUT2D eigenvalue weighted by Crippen LogP contribution is -2.27. The first kappa shape index (κ1) is 16.7. The minimum atomic E-state index is 0.331. The fraction of sp³-hybridized carbons (Fsp3) is 0.800. The molecule has 2 atom stereocenters. The molecule has 0 fully saturated rings. The summed E-state index contributed by atoms with van der Waals surface area (Å²) in [4.78, 5) is 0. The predicted octanol–water partition coefficient (Wildman–Crippen LogP) is 4.39. The number of nitrogens with one attached hydrogen (secondary N) is 1. The lowest BCUT2D eigenvalue weighted by molar-refractivity contribution is 0.222. The molecule has 0 aliphatic carbocycles. The zero-order valence-corrected chi connectivity index (χ0v) is 14.7. The van der Waals surface area contributed by atoms with Gasteiger partial charge >= 0.3 is 0 Å². The molecule has 0 spiro atoms. The monoisotopic (exact) mass is 329 g/mol. The zero-order valence-electron chi connectivity index (χ0n) is 13.1. The molecule has 0 aliphatic rings. The minimum absolute atomic E-state index is 0.331. The van der Waals surface area contributed by atoms with Gasteiger partial charge in [0.05, 0.1) is 22.4 Å². The topological polar surface area (TPSA) is 29.9 Å². The lowest BCUT2D eigenvalue weighted by atomic mass is 9.78. The summed E-state index contributed by atoms with van der Waals surface area (Å²) in [7, 11) is 2.04. The molecule has 1 aromatic rings. The molecule has 1 rings (SSSR count). The Morgan fingerprint density at radius 2 is 2.05 bits per heavy atom. The minimum Gasteiger partial charge on any atom is -0.312 e. The van der Waals surface area contributed by atoms with Crippen molar-refractivity contribution in [3.8, 4) is 0 Å². The van der Waals surface area contributed by atoms with E-state index in [0.717, 1.165) is 23.9 Å².